The molecular weight excluding hydrogens is 248 g/mol. The highest BCUT2D eigenvalue weighted by molar-refractivity contribution is 5.37. The Morgan fingerprint density at radius 1 is 1.00 bits per heavy atom. The summed E-state index contributed by atoms with van der Waals surface area (Å²) in [7, 11) is 0. The molecule has 0 bridgehead atoms. The van der Waals surface area contributed by atoms with Crippen molar-refractivity contribution in [3.05, 3.63) is 53.3 Å². The second-order valence-electron chi connectivity index (χ2n) is 5.13. The van der Waals surface area contributed by atoms with Gasteiger partial charge >= 0.3 is 0 Å². The van der Waals surface area contributed by atoms with Crippen molar-refractivity contribution in [2.24, 2.45) is 0 Å². The van der Waals surface area contributed by atoms with Gasteiger partial charge in [-0.05, 0) is 61.7 Å². The van der Waals surface area contributed by atoms with Gasteiger partial charge in [-0.2, -0.15) is 0 Å². The van der Waals surface area contributed by atoms with Crippen LogP contribution in [0.4, 0.5) is 0 Å². The molecule has 0 amide bonds. The molecule has 0 radical (unpaired) electrons. The minimum Gasteiger partial charge on any atom is -0.456 e. The van der Waals surface area contributed by atoms with Gasteiger partial charge in [0.15, 0.2) is 0 Å². The Kier molecular flexibility index (Phi) is 5.13. The molecule has 0 fully saturated rings. The van der Waals surface area contributed by atoms with Crippen LogP contribution in [0, 0.1) is 13.8 Å². The van der Waals surface area contributed by atoms with Gasteiger partial charge in [-0.3, -0.25) is 4.98 Å². The molecule has 1 aromatic carbocycles. The first kappa shape index (κ1) is 14.5. The van der Waals surface area contributed by atoms with Gasteiger partial charge in [0.05, 0.1) is 6.20 Å². The third-order valence-corrected chi connectivity index (χ3v) is 2.96. The van der Waals surface area contributed by atoms with E-state index in [1.165, 1.54) is 11.1 Å². The molecule has 0 spiro atoms. The predicted octanol–water partition coefficient (Wildman–Crippen LogP) is 3.99. The van der Waals surface area contributed by atoms with Crippen LogP contribution in [0.2, 0.25) is 0 Å². The lowest BCUT2D eigenvalue weighted by Gasteiger charge is -2.09. The Labute approximate surface area is 121 Å². The van der Waals surface area contributed by atoms with E-state index in [0.29, 0.717) is 0 Å². The zero-order valence-corrected chi connectivity index (χ0v) is 12.4. The van der Waals surface area contributed by atoms with Gasteiger partial charge < -0.3 is 10.1 Å². The second-order valence-corrected chi connectivity index (χ2v) is 5.13. The van der Waals surface area contributed by atoms with E-state index < -0.39 is 0 Å². The average molecular weight is 270 g/mol. The standard InChI is InChI=1S/C17H22N2O/c1-4-5-18-10-15-9-17(12-19-11-15)20-16-7-13(2)6-14(3)8-16/h6-9,11-12,18H,4-5,10H2,1-3H3. The molecule has 20 heavy (non-hydrogen) atoms. The molecule has 0 aliphatic carbocycles. The van der Waals surface area contributed by atoms with Crippen LogP contribution in [-0.2, 0) is 6.54 Å². The summed E-state index contributed by atoms with van der Waals surface area (Å²) in [6.45, 7) is 8.14. The van der Waals surface area contributed by atoms with Crippen LogP contribution >= 0.6 is 0 Å². The van der Waals surface area contributed by atoms with Crippen LogP contribution in [0.1, 0.15) is 30.0 Å². The van der Waals surface area contributed by atoms with Crippen molar-refractivity contribution in [3.8, 4) is 11.5 Å². The largest absolute Gasteiger partial charge is 0.456 e. The first-order chi connectivity index (χ1) is 9.67. The number of nitrogens with one attached hydrogen (secondary N) is 1. The van der Waals surface area contributed by atoms with E-state index in [1.807, 2.05) is 24.4 Å². The molecule has 3 heteroatoms. The monoisotopic (exact) mass is 270 g/mol. The molecule has 0 aliphatic rings. The maximum absolute atomic E-state index is 5.90. The maximum Gasteiger partial charge on any atom is 0.146 e. The molecule has 0 saturated heterocycles. The van der Waals surface area contributed by atoms with Gasteiger partial charge in [0, 0.05) is 12.7 Å². The molecule has 1 N–H and O–H groups in total. The normalized spacial score (nSPS) is 10.6. The molecule has 0 unspecified atom stereocenters. The Morgan fingerprint density at radius 3 is 2.45 bits per heavy atom. The van der Waals surface area contributed by atoms with Gasteiger partial charge in [0.2, 0.25) is 0 Å². The van der Waals surface area contributed by atoms with Crippen LogP contribution < -0.4 is 10.1 Å². The second kappa shape index (κ2) is 7.06. The van der Waals surface area contributed by atoms with E-state index in [2.05, 4.69) is 37.1 Å². The minimum absolute atomic E-state index is 0.783. The summed E-state index contributed by atoms with van der Waals surface area (Å²) >= 11 is 0. The SMILES string of the molecule is CCCNCc1cncc(Oc2cc(C)cc(C)c2)c1. The molecule has 0 saturated carbocycles. The lowest BCUT2D eigenvalue weighted by Crippen LogP contribution is -2.13. The van der Waals surface area contributed by atoms with Crippen molar-refractivity contribution in [3.63, 3.8) is 0 Å². The highest BCUT2D eigenvalue weighted by atomic mass is 16.5. The highest BCUT2D eigenvalue weighted by Crippen LogP contribution is 2.23. The van der Waals surface area contributed by atoms with E-state index in [9.17, 15) is 0 Å². The highest BCUT2D eigenvalue weighted by Gasteiger charge is 2.01. The molecule has 2 rings (SSSR count). The van der Waals surface area contributed by atoms with Crippen molar-refractivity contribution in [2.45, 2.75) is 33.7 Å². The number of nitrogens with zero attached hydrogens (tertiary/aromatic N) is 1. The number of pyridine rings is 1. The summed E-state index contributed by atoms with van der Waals surface area (Å²) in [5.74, 6) is 1.65. The average Bonchev–Trinajstić information content (AvgIpc) is 2.38. The summed E-state index contributed by atoms with van der Waals surface area (Å²) in [5, 5.41) is 3.37. The van der Waals surface area contributed by atoms with Gasteiger partial charge in [0.25, 0.3) is 0 Å². The molecule has 0 atom stereocenters. The first-order valence-electron chi connectivity index (χ1n) is 7.08. The number of ether oxygens (including phenoxy) is 1. The summed E-state index contributed by atoms with van der Waals surface area (Å²) in [4.78, 5) is 4.24. The molecule has 1 heterocycles. The molecule has 1 aromatic heterocycles. The van der Waals surface area contributed by atoms with Gasteiger partial charge in [-0.25, -0.2) is 0 Å². The van der Waals surface area contributed by atoms with Crippen molar-refractivity contribution in [2.75, 3.05) is 6.54 Å². The summed E-state index contributed by atoms with van der Waals surface area (Å²) in [6.07, 6.45) is 4.75. The van der Waals surface area contributed by atoms with E-state index >= 15 is 0 Å². The predicted molar refractivity (Wildman–Crippen MR) is 82.2 cm³/mol. The summed E-state index contributed by atoms with van der Waals surface area (Å²) in [6, 6.07) is 8.24. The molecular formula is C17H22N2O. The van der Waals surface area contributed by atoms with E-state index in [0.717, 1.165) is 36.6 Å². The van der Waals surface area contributed by atoms with Gasteiger partial charge in [-0.1, -0.05) is 13.0 Å². The zero-order valence-electron chi connectivity index (χ0n) is 12.4. The van der Waals surface area contributed by atoms with Crippen LogP contribution in [0.25, 0.3) is 0 Å². The third kappa shape index (κ3) is 4.35. The van der Waals surface area contributed by atoms with Crippen LogP contribution in [-0.4, -0.2) is 11.5 Å². The molecule has 2 aromatic rings. The number of hydrogen-bond donors (Lipinski definition) is 1. The Morgan fingerprint density at radius 2 is 1.75 bits per heavy atom. The molecule has 3 nitrogen and oxygen atoms in total. The van der Waals surface area contributed by atoms with Crippen molar-refractivity contribution in [1.82, 2.24) is 10.3 Å². The summed E-state index contributed by atoms with van der Waals surface area (Å²) < 4.78 is 5.90. The number of aryl methyl sites for hydroxylation is 2. The van der Waals surface area contributed by atoms with E-state index in [-0.39, 0.29) is 0 Å². The third-order valence-electron chi connectivity index (χ3n) is 2.96. The smallest absolute Gasteiger partial charge is 0.146 e. The Hall–Kier alpha value is -1.87. The first-order valence-corrected chi connectivity index (χ1v) is 7.08. The van der Waals surface area contributed by atoms with Gasteiger partial charge in [-0.15, -0.1) is 0 Å². The fourth-order valence-electron chi connectivity index (χ4n) is 2.15. The van der Waals surface area contributed by atoms with E-state index in [1.54, 1.807) is 6.20 Å². The Balaban J connectivity index is 2.07. The number of rotatable bonds is 6. The summed E-state index contributed by atoms with van der Waals surface area (Å²) in [5.41, 5.74) is 3.54. The van der Waals surface area contributed by atoms with Gasteiger partial charge in [0.1, 0.15) is 11.5 Å². The quantitative estimate of drug-likeness (QED) is 0.806. The molecule has 106 valence electrons. The lowest BCUT2D eigenvalue weighted by atomic mass is 10.1. The number of aromatic nitrogens is 1. The van der Waals surface area contributed by atoms with Crippen molar-refractivity contribution in [1.29, 1.82) is 0 Å². The van der Waals surface area contributed by atoms with Crippen molar-refractivity contribution >= 4 is 0 Å². The fourth-order valence-corrected chi connectivity index (χ4v) is 2.15. The lowest BCUT2D eigenvalue weighted by molar-refractivity contribution is 0.478. The minimum atomic E-state index is 0.783. The maximum atomic E-state index is 5.90. The topological polar surface area (TPSA) is 34.2 Å². The van der Waals surface area contributed by atoms with E-state index in [4.69, 9.17) is 4.74 Å². The molecule has 0 aliphatic heterocycles. The van der Waals surface area contributed by atoms with Crippen LogP contribution in [0.15, 0.2) is 36.7 Å². The van der Waals surface area contributed by atoms with Crippen molar-refractivity contribution < 1.29 is 4.74 Å². The fraction of sp³-hybridized carbons (Fsp3) is 0.353. The van der Waals surface area contributed by atoms with Crippen LogP contribution in [0.3, 0.4) is 0 Å². The Bertz CT molecular complexity index is 546. The zero-order chi connectivity index (χ0) is 14.4. The van der Waals surface area contributed by atoms with Crippen LogP contribution in [0.5, 0.6) is 11.5 Å². The number of hydrogen-bond acceptors (Lipinski definition) is 3. The number of benzene rings is 1.